The first-order chi connectivity index (χ1) is 12.3. The summed E-state index contributed by atoms with van der Waals surface area (Å²) in [5.41, 5.74) is 2.44. The molecule has 1 aliphatic heterocycles. The first kappa shape index (κ1) is 20.6. The quantitative estimate of drug-likeness (QED) is 0.737. The van der Waals surface area contributed by atoms with E-state index < -0.39 is 0 Å². The molecule has 5 heteroatoms. The third-order valence-electron chi connectivity index (χ3n) is 4.60. The average Bonchev–Trinajstić information content (AvgIpc) is 2.65. The lowest BCUT2D eigenvalue weighted by Gasteiger charge is -2.30. The summed E-state index contributed by atoms with van der Waals surface area (Å²) in [7, 11) is 3.84. The van der Waals surface area contributed by atoms with E-state index in [1.54, 1.807) is 7.11 Å². The molecule has 1 atom stereocenters. The highest BCUT2D eigenvalue weighted by Gasteiger charge is 2.18. The highest BCUT2D eigenvalue weighted by Crippen LogP contribution is 2.24. The number of para-hydroxylation sites is 2. The van der Waals surface area contributed by atoms with Crippen LogP contribution in [0, 0.1) is 0 Å². The standard InChI is InChI=1S/C21H27NO3.ClH/c1-22-13-14-24-19(15-22)16-25-21-10-6-4-8-18(21)12-11-17-7-3-5-9-20(17)23-2;/h3-10,19H,11-16H2,1-2H3;1H/t19-;/m0./s1. The van der Waals surface area contributed by atoms with E-state index in [-0.39, 0.29) is 18.5 Å². The second-order valence-electron chi connectivity index (χ2n) is 6.49. The third-order valence-corrected chi connectivity index (χ3v) is 4.60. The largest absolute Gasteiger partial charge is 0.496 e. The number of likely N-dealkylation sites (N-methyl/N-ethyl adjacent to an activating group) is 1. The van der Waals surface area contributed by atoms with Crippen LogP contribution in [-0.2, 0) is 17.6 Å². The van der Waals surface area contributed by atoms with E-state index in [1.165, 1.54) is 11.1 Å². The number of hydrogen-bond donors (Lipinski definition) is 0. The number of nitrogens with zero attached hydrogens (tertiary/aromatic N) is 1. The van der Waals surface area contributed by atoms with Crippen molar-refractivity contribution < 1.29 is 14.2 Å². The molecule has 0 aromatic heterocycles. The molecule has 26 heavy (non-hydrogen) atoms. The zero-order valence-corrected chi connectivity index (χ0v) is 16.3. The molecular formula is C21H28ClNO3. The van der Waals surface area contributed by atoms with Gasteiger partial charge in [0.05, 0.1) is 13.7 Å². The van der Waals surface area contributed by atoms with E-state index in [4.69, 9.17) is 14.2 Å². The number of methoxy groups -OCH3 is 1. The number of aryl methyl sites for hydroxylation is 2. The average molecular weight is 378 g/mol. The molecule has 0 spiro atoms. The van der Waals surface area contributed by atoms with Gasteiger partial charge in [-0.25, -0.2) is 0 Å². The Balaban J connectivity index is 0.00000243. The predicted molar refractivity (Wildman–Crippen MR) is 107 cm³/mol. The van der Waals surface area contributed by atoms with Gasteiger partial charge in [0.15, 0.2) is 0 Å². The first-order valence-electron chi connectivity index (χ1n) is 8.89. The Morgan fingerprint density at radius 3 is 2.27 bits per heavy atom. The van der Waals surface area contributed by atoms with Gasteiger partial charge in [-0.3, -0.25) is 0 Å². The van der Waals surface area contributed by atoms with Gasteiger partial charge in [0.25, 0.3) is 0 Å². The zero-order valence-electron chi connectivity index (χ0n) is 15.5. The molecule has 0 bridgehead atoms. The number of hydrogen-bond acceptors (Lipinski definition) is 4. The van der Waals surface area contributed by atoms with Crippen molar-refractivity contribution in [1.29, 1.82) is 0 Å². The first-order valence-corrected chi connectivity index (χ1v) is 8.89. The van der Waals surface area contributed by atoms with Gasteiger partial charge in [-0.1, -0.05) is 36.4 Å². The highest BCUT2D eigenvalue weighted by molar-refractivity contribution is 5.85. The fourth-order valence-corrected chi connectivity index (χ4v) is 3.18. The maximum absolute atomic E-state index is 6.09. The van der Waals surface area contributed by atoms with Gasteiger partial charge < -0.3 is 19.1 Å². The van der Waals surface area contributed by atoms with Crippen molar-refractivity contribution in [3.05, 3.63) is 59.7 Å². The molecule has 142 valence electrons. The molecule has 2 aromatic rings. The van der Waals surface area contributed by atoms with E-state index >= 15 is 0 Å². The van der Waals surface area contributed by atoms with Gasteiger partial charge in [-0.2, -0.15) is 0 Å². The molecule has 1 fully saturated rings. The number of ether oxygens (including phenoxy) is 3. The monoisotopic (exact) mass is 377 g/mol. The Hall–Kier alpha value is -1.75. The molecule has 0 N–H and O–H groups in total. The lowest BCUT2D eigenvalue weighted by molar-refractivity contribution is -0.0404. The van der Waals surface area contributed by atoms with E-state index in [9.17, 15) is 0 Å². The minimum atomic E-state index is 0. The maximum atomic E-state index is 6.09. The fourth-order valence-electron chi connectivity index (χ4n) is 3.18. The highest BCUT2D eigenvalue weighted by atomic mass is 35.5. The van der Waals surface area contributed by atoms with Crippen LogP contribution in [0.15, 0.2) is 48.5 Å². The molecule has 2 aromatic carbocycles. The summed E-state index contributed by atoms with van der Waals surface area (Å²) in [6.07, 6.45) is 1.98. The number of halogens is 1. The minimum Gasteiger partial charge on any atom is -0.496 e. The summed E-state index contributed by atoms with van der Waals surface area (Å²) < 4.78 is 17.3. The van der Waals surface area contributed by atoms with Crippen molar-refractivity contribution in [2.45, 2.75) is 18.9 Å². The van der Waals surface area contributed by atoms with Crippen LogP contribution in [0.25, 0.3) is 0 Å². The van der Waals surface area contributed by atoms with Crippen LogP contribution in [0.2, 0.25) is 0 Å². The topological polar surface area (TPSA) is 30.9 Å². The maximum Gasteiger partial charge on any atom is 0.122 e. The summed E-state index contributed by atoms with van der Waals surface area (Å²) in [6.45, 7) is 3.28. The second-order valence-corrected chi connectivity index (χ2v) is 6.49. The Labute approximate surface area is 162 Å². The Bertz CT molecular complexity index is 680. The van der Waals surface area contributed by atoms with E-state index in [1.807, 2.05) is 24.3 Å². The zero-order chi connectivity index (χ0) is 17.5. The lowest BCUT2D eigenvalue weighted by atomic mass is 10.0. The smallest absolute Gasteiger partial charge is 0.122 e. The Morgan fingerprint density at radius 1 is 1.00 bits per heavy atom. The van der Waals surface area contributed by atoms with Crippen molar-refractivity contribution in [2.75, 3.05) is 40.5 Å². The van der Waals surface area contributed by atoms with Crippen LogP contribution < -0.4 is 9.47 Å². The van der Waals surface area contributed by atoms with Crippen LogP contribution in [0.5, 0.6) is 11.5 Å². The summed E-state index contributed by atoms with van der Waals surface area (Å²) >= 11 is 0. The third kappa shape index (κ3) is 5.63. The molecule has 0 aliphatic carbocycles. The molecule has 0 radical (unpaired) electrons. The molecule has 3 rings (SSSR count). The molecule has 0 unspecified atom stereocenters. The predicted octanol–water partition coefficient (Wildman–Crippen LogP) is 3.61. The lowest BCUT2D eigenvalue weighted by Crippen LogP contribution is -2.42. The van der Waals surface area contributed by atoms with Crippen LogP contribution in [0.1, 0.15) is 11.1 Å². The van der Waals surface area contributed by atoms with E-state index in [2.05, 4.69) is 36.2 Å². The van der Waals surface area contributed by atoms with Gasteiger partial charge in [0, 0.05) is 13.1 Å². The summed E-state index contributed by atoms with van der Waals surface area (Å²) in [5, 5.41) is 0. The minimum absolute atomic E-state index is 0. The van der Waals surface area contributed by atoms with Crippen molar-refractivity contribution in [1.82, 2.24) is 4.90 Å². The molecule has 1 aliphatic rings. The molecular weight excluding hydrogens is 350 g/mol. The van der Waals surface area contributed by atoms with Crippen molar-refractivity contribution in [2.24, 2.45) is 0 Å². The summed E-state index contributed by atoms with van der Waals surface area (Å²) in [6, 6.07) is 16.5. The van der Waals surface area contributed by atoms with Gasteiger partial charge in [0.2, 0.25) is 0 Å². The fraction of sp³-hybridized carbons (Fsp3) is 0.429. The van der Waals surface area contributed by atoms with Crippen LogP contribution in [-0.4, -0.2) is 51.5 Å². The Morgan fingerprint density at radius 2 is 1.62 bits per heavy atom. The molecule has 4 nitrogen and oxygen atoms in total. The van der Waals surface area contributed by atoms with Gasteiger partial charge in [-0.15, -0.1) is 12.4 Å². The number of morpholine rings is 1. The summed E-state index contributed by atoms with van der Waals surface area (Å²) in [5.74, 6) is 1.90. The van der Waals surface area contributed by atoms with Crippen molar-refractivity contribution in [3.63, 3.8) is 0 Å². The van der Waals surface area contributed by atoms with Gasteiger partial charge in [0.1, 0.15) is 24.2 Å². The van der Waals surface area contributed by atoms with E-state index in [0.29, 0.717) is 6.61 Å². The number of rotatable bonds is 7. The number of benzene rings is 2. The van der Waals surface area contributed by atoms with Crippen LogP contribution >= 0.6 is 12.4 Å². The molecule has 1 saturated heterocycles. The van der Waals surface area contributed by atoms with E-state index in [0.717, 1.165) is 44.0 Å². The molecule has 0 amide bonds. The SMILES string of the molecule is COc1ccccc1CCc1ccccc1OC[C@@H]1CN(C)CCO1.Cl. The van der Waals surface area contributed by atoms with Crippen LogP contribution in [0.3, 0.4) is 0 Å². The van der Waals surface area contributed by atoms with Gasteiger partial charge >= 0.3 is 0 Å². The van der Waals surface area contributed by atoms with Gasteiger partial charge in [-0.05, 0) is 43.1 Å². The summed E-state index contributed by atoms with van der Waals surface area (Å²) in [4.78, 5) is 2.28. The molecule has 0 saturated carbocycles. The van der Waals surface area contributed by atoms with Crippen molar-refractivity contribution in [3.8, 4) is 11.5 Å². The van der Waals surface area contributed by atoms with Crippen molar-refractivity contribution >= 4 is 12.4 Å². The normalized spacial score (nSPS) is 17.4. The van der Waals surface area contributed by atoms with Crippen LogP contribution in [0.4, 0.5) is 0 Å². The molecule has 1 heterocycles. The second kappa shape index (κ2) is 10.4. The Kier molecular flexibility index (Phi) is 8.23.